The van der Waals surface area contributed by atoms with Crippen molar-refractivity contribution < 1.29 is 19.2 Å². The van der Waals surface area contributed by atoms with Crippen LogP contribution in [0.15, 0.2) is 12.2 Å². The highest BCUT2D eigenvalue weighted by Crippen LogP contribution is 2.26. The van der Waals surface area contributed by atoms with Gasteiger partial charge in [-0.25, -0.2) is 0 Å². The van der Waals surface area contributed by atoms with Crippen LogP contribution < -0.4 is 5.32 Å². The molecule has 0 radical (unpaired) electrons. The lowest BCUT2D eigenvalue weighted by Gasteiger charge is -2.32. The lowest BCUT2D eigenvalue weighted by Crippen LogP contribution is -2.43. The van der Waals surface area contributed by atoms with Crippen LogP contribution in [-0.4, -0.2) is 39.8 Å². The van der Waals surface area contributed by atoms with Crippen molar-refractivity contribution in [2.75, 3.05) is 0 Å². The molecule has 102 valence electrons. The molecule has 2 aliphatic heterocycles. The molecule has 1 aliphatic carbocycles. The summed E-state index contributed by atoms with van der Waals surface area (Å²) in [6.07, 6.45) is 6.03. The van der Waals surface area contributed by atoms with E-state index in [1.165, 1.54) is 17.1 Å². The molecule has 3 aliphatic rings. The molecule has 19 heavy (non-hydrogen) atoms. The van der Waals surface area contributed by atoms with E-state index >= 15 is 0 Å². The number of carbonyl (C=O) groups excluding carboxylic acids is 4. The summed E-state index contributed by atoms with van der Waals surface area (Å²) in [6, 6.07) is 0.199. The normalized spacial score (nSPS) is 26.2. The Bertz CT molecular complexity index is 452. The molecule has 0 aromatic rings. The lowest BCUT2D eigenvalue weighted by atomic mass is 9.92. The Hall–Kier alpha value is -1.63. The van der Waals surface area contributed by atoms with Crippen LogP contribution in [0, 0.1) is 0 Å². The Kier molecular flexibility index (Phi) is 4.04. The third-order valence-corrected chi connectivity index (χ3v) is 3.64. The first-order valence-corrected chi connectivity index (χ1v) is 6.57. The maximum atomic E-state index is 11.0. The van der Waals surface area contributed by atoms with Crippen molar-refractivity contribution in [2.24, 2.45) is 0 Å². The second kappa shape index (κ2) is 5.56. The fourth-order valence-corrected chi connectivity index (χ4v) is 2.19. The molecule has 0 bridgehead atoms. The molecule has 1 N–H and O–H groups in total. The molecule has 7 heteroatoms. The number of thiol groups is 1. The molecule has 3 rings (SSSR count). The Morgan fingerprint density at radius 1 is 1.11 bits per heavy atom. The fraction of sp³-hybridized carbons (Fsp3) is 0.500. The fourth-order valence-electron chi connectivity index (χ4n) is 1.96. The first kappa shape index (κ1) is 13.8. The summed E-state index contributed by atoms with van der Waals surface area (Å²) in [6.45, 7) is 0. The van der Waals surface area contributed by atoms with Crippen molar-refractivity contribution in [1.29, 1.82) is 0 Å². The van der Waals surface area contributed by atoms with Crippen LogP contribution in [0.3, 0.4) is 0 Å². The van der Waals surface area contributed by atoms with E-state index in [9.17, 15) is 19.2 Å². The first-order chi connectivity index (χ1) is 8.99. The molecule has 0 aromatic heterocycles. The molecule has 2 fully saturated rings. The zero-order chi connectivity index (χ0) is 14.0. The van der Waals surface area contributed by atoms with Crippen LogP contribution in [0.5, 0.6) is 0 Å². The standard InChI is InChI=1S/C8H9NO2.C4H5NO2S/c10-7-4-5-8(11)9(7)6-2-1-3-6;6-3-1-2(8)4(7)5-3/h4-6H,1-3H2;2,8H,1H2,(H,5,6,7). The number of imide groups is 2. The summed E-state index contributed by atoms with van der Waals surface area (Å²) >= 11 is 3.81. The van der Waals surface area contributed by atoms with Crippen molar-refractivity contribution in [3.63, 3.8) is 0 Å². The van der Waals surface area contributed by atoms with Crippen LogP contribution in [0.1, 0.15) is 25.7 Å². The summed E-state index contributed by atoms with van der Waals surface area (Å²) in [7, 11) is 0. The van der Waals surface area contributed by atoms with Crippen molar-refractivity contribution in [2.45, 2.75) is 37.0 Å². The molecular weight excluding hydrogens is 268 g/mol. The summed E-state index contributed by atoms with van der Waals surface area (Å²) in [4.78, 5) is 44.1. The summed E-state index contributed by atoms with van der Waals surface area (Å²) in [5.74, 6) is -0.785. The zero-order valence-electron chi connectivity index (χ0n) is 10.2. The molecule has 1 atom stereocenters. The van der Waals surface area contributed by atoms with Crippen molar-refractivity contribution in [3.8, 4) is 0 Å². The van der Waals surface area contributed by atoms with Gasteiger partial charge in [0.25, 0.3) is 11.8 Å². The number of nitrogens with one attached hydrogen (secondary N) is 1. The van der Waals surface area contributed by atoms with Gasteiger partial charge in [-0.1, -0.05) is 0 Å². The third kappa shape index (κ3) is 3.04. The molecule has 0 spiro atoms. The topological polar surface area (TPSA) is 83.6 Å². The summed E-state index contributed by atoms with van der Waals surface area (Å²) < 4.78 is 0. The molecule has 4 amide bonds. The number of rotatable bonds is 1. The Balaban J connectivity index is 0.000000148. The molecular formula is C12H14N2O4S. The number of amides is 4. The van der Waals surface area contributed by atoms with Crippen LogP contribution in [-0.2, 0) is 19.2 Å². The van der Waals surface area contributed by atoms with Crippen molar-refractivity contribution in [1.82, 2.24) is 10.2 Å². The maximum absolute atomic E-state index is 11.0. The van der Waals surface area contributed by atoms with Gasteiger partial charge in [-0.3, -0.25) is 29.4 Å². The minimum absolute atomic E-state index is 0.139. The number of nitrogens with zero attached hydrogens (tertiary/aromatic N) is 1. The average Bonchev–Trinajstić information content (AvgIpc) is 2.73. The predicted molar refractivity (Wildman–Crippen MR) is 69.2 cm³/mol. The van der Waals surface area contributed by atoms with Gasteiger partial charge < -0.3 is 0 Å². The van der Waals surface area contributed by atoms with Gasteiger partial charge in [-0.2, -0.15) is 12.6 Å². The second-order valence-electron chi connectivity index (χ2n) is 4.60. The zero-order valence-corrected chi connectivity index (χ0v) is 11.1. The van der Waals surface area contributed by atoms with E-state index in [4.69, 9.17) is 0 Å². The highest BCUT2D eigenvalue weighted by atomic mass is 32.1. The quantitative estimate of drug-likeness (QED) is 0.515. The highest BCUT2D eigenvalue weighted by Gasteiger charge is 2.34. The van der Waals surface area contributed by atoms with Crippen LogP contribution in [0.4, 0.5) is 0 Å². The molecule has 6 nitrogen and oxygen atoms in total. The number of hydrogen-bond acceptors (Lipinski definition) is 5. The van der Waals surface area contributed by atoms with Crippen LogP contribution in [0.25, 0.3) is 0 Å². The van der Waals surface area contributed by atoms with Crippen molar-refractivity contribution >= 4 is 36.3 Å². The van der Waals surface area contributed by atoms with Gasteiger partial charge in [-0.15, -0.1) is 0 Å². The van der Waals surface area contributed by atoms with Gasteiger partial charge in [0.2, 0.25) is 11.8 Å². The lowest BCUT2D eigenvalue weighted by molar-refractivity contribution is -0.141. The maximum Gasteiger partial charge on any atom is 0.253 e. The molecule has 1 saturated carbocycles. The Labute approximate surface area is 115 Å². The Morgan fingerprint density at radius 2 is 1.68 bits per heavy atom. The van der Waals surface area contributed by atoms with E-state index in [0.717, 1.165) is 19.3 Å². The molecule has 1 unspecified atom stereocenters. The van der Waals surface area contributed by atoms with Gasteiger partial charge >= 0.3 is 0 Å². The molecule has 1 saturated heterocycles. The van der Waals surface area contributed by atoms with Gasteiger partial charge in [0, 0.05) is 24.6 Å². The van der Waals surface area contributed by atoms with Crippen LogP contribution >= 0.6 is 12.6 Å². The smallest absolute Gasteiger partial charge is 0.253 e. The van der Waals surface area contributed by atoms with E-state index in [1.807, 2.05) is 0 Å². The monoisotopic (exact) mass is 282 g/mol. The predicted octanol–water partition coefficient (Wildman–Crippen LogP) is -0.205. The first-order valence-electron chi connectivity index (χ1n) is 6.06. The molecule has 2 heterocycles. The summed E-state index contributed by atoms with van der Waals surface area (Å²) in [5, 5.41) is 1.70. The average molecular weight is 282 g/mol. The largest absolute Gasteiger partial charge is 0.295 e. The van der Waals surface area contributed by atoms with E-state index < -0.39 is 5.25 Å². The Morgan fingerprint density at radius 3 is 1.95 bits per heavy atom. The SMILES string of the molecule is O=C1C=CC(=O)N1C1CCC1.O=C1CC(S)C(=O)N1. The van der Waals surface area contributed by atoms with E-state index in [2.05, 4.69) is 17.9 Å². The van der Waals surface area contributed by atoms with E-state index in [1.54, 1.807) is 0 Å². The third-order valence-electron chi connectivity index (χ3n) is 3.23. The van der Waals surface area contributed by atoms with Crippen LogP contribution in [0.2, 0.25) is 0 Å². The van der Waals surface area contributed by atoms with Gasteiger partial charge in [0.15, 0.2) is 0 Å². The highest BCUT2D eigenvalue weighted by molar-refractivity contribution is 7.81. The number of carbonyl (C=O) groups is 4. The number of hydrogen-bond donors (Lipinski definition) is 2. The van der Waals surface area contributed by atoms with Gasteiger partial charge in [0.05, 0.1) is 5.25 Å². The second-order valence-corrected chi connectivity index (χ2v) is 5.22. The van der Waals surface area contributed by atoms with Crippen molar-refractivity contribution in [3.05, 3.63) is 12.2 Å². The minimum Gasteiger partial charge on any atom is -0.295 e. The van der Waals surface area contributed by atoms with Gasteiger partial charge in [0.1, 0.15) is 0 Å². The summed E-state index contributed by atoms with van der Waals surface area (Å²) in [5.41, 5.74) is 0. The van der Waals surface area contributed by atoms with E-state index in [0.29, 0.717) is 0 Å². The molecule has 0 aromatic carbocycles. The minimum atomic E-state index is -0.414. The van der Waals surface area contributed by atoms with E-state index in [-0.39, 0.29) is 36.1 Å². The van der Waals surface area contributed by atoms with Gasteiger partial charge in [-0.05, 0) is 19.3 Å².